The molecule has 0 fully saturated rings. The summed E-state index contributed by atoms with van der Waals surface area (Å²) in [4.78, 5) is 0. The molecule has 0 radical (unpaired) electrons. The second-order valence-electron chi connectivity index (χ2n) is 3.66. The third kappa shape index (κ3) is 2.20. The fourth-order valence-electron chi connectivity index (χ4n) is 1.37. The maximum absolute atomic E-state index is 6.13. The predicted octanol–water partition coefficient (Wildman–Crippen LogP) is 3.53. The molecule has 0 aliphatic heterocycles. The van der Waals surface area contributed by atoms with E-state index >= 15 is 0 Å². The quantitative estimate of drug-likeness (QED) is 0.769. The number of aryl methyl sites for hydroxylation is 1. The van der Waals surface area contributed by atoms with Crippen molar-refractivity contribution in [3.05, 3.63) is 40.7 Å². The molecule has 0 spiro atoms. The van der Waals surface area contributed by atoms with E-state index in [1.807, 2.05) is 32.0 Å². The minimum Gasteiger partial charge on any atom is -0.219 e. The summed E-state index contributed by atoms with van der Waals surface area (Å²) in [6.07, 6.45) is 1.79. The van der Waals surface area contributed by atoms with Gasteiger partial charge in [-0.1, -0.05) is 22.9 Å². The minimum absolute atomic E-state index is 0.155. The van der Waals surface area contributed by atoms with Crippen LogP contribution in [0.5, 0.6) is 0 Å². The second kappa shape index (κ2) is 4.44. The SMILES string of the molecule is Cc1ccc(-n2cc(C(C)Cl)nn2)c(Cl)c1. The monoisotopic (exact) mass is 255 g/mol. The number of nitrogens with zero attached hydrogens (tertiary/aromatic N) is 3. The highest BCUT2D eigenvalue weighted by Crippen LogP contribution is 2.23. The largest absolute Gasteiger partial charge is 0.219 e. The van der Waals surface area contributed by atoms with Gasteiger partial charge in [0.2, 0.25) is 0 Å². The zero-order valence-corrected chi connectivity index (χ0v) is 10.5. The summed E-state index contributed by atoms with van der Waals surface area (Å²) >= 11 is 12.1. The molecule has 0 bridgehead atoms. The van der Waals surface area contributed by atoms with Crippen LogP contribution in [0.25, 0.3) is 5.69 Å². The first kappa shape index (κ1) is 11.4. The molecule has 0 amide bonds. The molecule has 1 aromatic carbocycles. The van der Waals surface area contributed by atoms with E-state index in [0.717, 1.165) is 16.9 Å². The third-order valence-corrected chi connectivity index (χ3v) is 2.79. The normalized spacial score (nSPS) is 12.8. The molecule has 2 rings (SSSR count). The van der Waals surface area contributed by atoms with Crippen LogP contribution in [-0.2, 0) is 0 Å². The fourth-order valence-corrected chi connectivity index (χ4v) is 1.80. The molecule has 0 saturated carbocycles. The van der Waals surface area contributed by atoms with Crippen LogP contribution in [0.15, 0.2) is 24.4 Å². The minimum atomic E-state index is -0.155. The van der Waals surface area contributed by atoms with Crippen LogP contribution in [0.3, 0.4) is 0 Å². The number of benzene rings is 1. The van der Waals surface area contributed by atoms with Gasteiger partial charge in [-0.15, -0.1) is 16.7 Å². The van der Waals surface area contributed by atoms with Crippen LogP contribution in [-0.4, -0.2) is 15.0 Å². The maximum Gasteiger partial charge on any atom is 0.101 e. The van der Waals surface area contributed by atoms with Gasteiger partial charge in [0.15, 0.2) is 0 Å². The lowest BCUT2D eigenvalue weighted by molar-refractivity contribution is 0.796. The van der Waals surface area contributed by atoms with Crippen molar-refractivity contribution in [1.82, 2.24) is 15.0 Å². The van der Waals surface area contributed by atoms with Crippen LogP contribution in [0.1, 0.15) is 23.6 Å². The first-order valence-electron chi connectivity index (χ1n) is 4.91. The summed E-state index contributed by atoms with van der Waals surface area (Å²) < 4.78 is 1.63. The molecule has 1 aromatic heterocycles. The number of hydrogen-bond donors (Lipinski definition) is 0. The molecule has 84 valence electrons. The molecule has 0 saturated heterocycles. The molecule has 2 aromatic rings. The zero-order chi connectivity index (χ0) is 11.7. The smallest absolute Gasteiger partial charge is 0.101 e. The number of rotatable bonds is 2. The van der Waals surface area contributed by atoms with Gasteiger partial charge >= 0.3 is 0 Å². The molecule has 5 heteroatoms. The summed E-state index contributed by atoms with van der Waals surface area (Å²) in [7, 11) is 0. The van der Waals surface area contributed by atoms with Gasteiger partial charge in [0.1, 0.15) is 5.69 Å². The molecular weight excluding hydrogens is 245 g/mol. The Morgan fingerprint density at radius 3 is 2.69 bits per heavy atom. The Morgan fingerprint density at radius 2 is 2.12 bits per heavy atom. The molecule has 1 unspecified atom stereocenters. The van der Waals surface area contributed by atoms with Crippen molar-refractivity contribution in [2.75, 3.05) is 0 Å². The Labute approximate surface area is 104 Å². The predicted molar refractivity (Wildman–Crippen MR) is 65.4 cm³/mol. The topological polar surface area (TPSA) is 30.7 Å². The summed E-state index contributed by atoms with van der Waals surface area (Å²) in [5, 5.41) is 8.47. The molecular formula is C11H11Cl2N3. The number of halogens is 2. The summed E-state index contributed by atoms with van der Waals surface area (Å²) in [5.74, 6) is 0. The maximum atomic E-state index is 6.13. The van der Waals surface area contributed by atoms with Crippen molar-refractivity contribution in [3.63, 3.8) is 0 Å². The van der Waals surface area contributed by atoms with Gasteiger partial charge in [0, 0.05) is 0 Å². The molecule has 0 aliphatic carbocycles. The molecule has 1 heterocycles. The highest BCUT2D eigenvalue weighted by Gasteiger charge is 2.09. The van der Waals surface area contributed by atoms with E-state index in [1.54, 1.807) is 10.9 Å². The van der Waals surface area contributed by atoms with Crippen LogP contribution < -0.4 is 0 Å². The van der Waals surface area contributed by atoms with Gasteiger partial charge in [-0.2, -0.15) is 0 Å². The van der Waals surface area contributed by atoms with E-state index in [-0.39, 0.29) is 5.38 Å². The molecule has 0 N–H and O–H groups in total. The number of alkyl halides is 1. The fraction of sp³-hybridized carbons (Fsp3) is 0.273. The standard InChI is InChI=1S/C11H11Cl2N3/c1-7-3-4-11(9(13)5-7)16-6-10(8(2)12)14-15-16/h3-6,8H,1-2H3. The molecule has 3 nitrogen and oxygen atoms in total. The third-order valence-electron chi connectivity index (χ3n) is 2.27. The Hall–Kier alpha value is -1.06. The van der Waals surface area contributed by atoms with Crippen molar-refractivity contribution in [2.24, 2.45) is 0 Å². The van der Waals surface area contributed by atoms with Gasteiger partial charge < -0.3 is 0 Å². The Morgan fingerprint density at radius 1 is 1.38 bits per heavy atom. The van der Waals surface area contributed by atoms with Crippen molar-refractivity contribution in [2.45, 2.75) is 19.2 Å². The van der Waals surface area contributed by atoms with Crippen molar-refractivity contribution in [1.29, 1.82) is 0 Å². The van der Waals surface area contributed by atoms with Gasteiger partial charge in [-0.3, -0.25) is 0 Å². The highest BCUT2D eigenvalue weighted by molar-refractivity contribution is 6.32. The lowest BCUT2D eigenvalue weighted by atomic mass is 10.2. The molecule has 1 atom stereocenters. The molecule has 0 aliphatic rings. The van der Waals surface area contributed by atoms with E-state index < -0.39 is 0 Å². The summed E-state index contributed by atoms with van der Waals surface area (Å²) in [6, 6.07) is 5.78. The zero-order valence-electron chi connectivity index (χ0n) is 8.98. The van der Waals surface area contributed by atoms with Crippen LogP contribution >= 0.6 is 23.2 Å². The number of aromatic nitrogens is 3. The van der Waals surface area contributed by atoms with Crippen LogP contribution in [0, 0.1) is 6.92 Å². The first-order chi connectivity index (χ1) is 7.58. The van der Waals surface area contributed by atoms with E-state index in [0.29, 0.717) is 5.02 Å². The molecule has 16 heavy (non-hydrogen) atoms. The average Bonchev–Trinajstić information content (AvgIpc) is 2.66. The van der Waals surface area contributed by atoms with Gasteiger partial charge in [0.05, 0.1) is 22.3 Å². The van der Waals surface area contributed by atoms with Crippen molar-refractivity contribution < 1.29 is 0 Å². The Balaban J connectivity index is 2.42. The van der Waals surface area contributed by atoms with E-state index in [2.05, 4.69) is 10.3 Å². The van der Waals surface area contributed by atoms with Crippen LogP contribution in [0.2, 0.25) is 5.02 Å². The van der Waals surface area contributed by atoms with Gasteiger partial charge in [-0.05, 0) is 31.5 Å². The highest BCUT2D eigenvalue weighted by atomic mass is 35.5. The summed E-state index contributed by atoms with van der Waals surface area (Å²) in [6.45, 7) is 3.84. The van der Waals surface area contributed by atoms with E-state index in [1.165, 1.54) is 0 Å². The number of hydrogen-bond acceptors (Lipinski definition) is 2. The van der Waals surface area contributed by atoms with Crippen LogP contribution in [0.4, 0.5) is 0 Å². The van der Waals surface area contributed by atoms with Crippen molar-refractivity contribution in [3.8, 4) is 5.69 Å². The van der Waals surface area contributed by atoms with E-state index in [4.69, 9.17) is 23.2 Å². The average molecular weight is 256 g/mol. The Bertz CT molecular complexity index is 506. The van der Waals surface area contributed by atoms with Gasteiger partial charge in [0.25, 0.3) is 0 Å². The summed E-state index contributed by atoms with van der Waals surface area (Å²) in [5.41, 5.74) is 2.65. The van der Waals surface area contributed by atoms with E-state index in [9.17, 15) is 0 Å². The first-order valence-corrected chi connectivity index (χ1v) is 5.72. The lowest BCUT2D eigenvalue weighted by Gasteiger charge is -2.03. The lowest BCUT2D eigenvalue weighted by Crippen LogP contribution is -1.96. The van der Waals surface area contributed by atoms with Gasteiger partial charge in [-0.25, -0.2) is 4.68 Å². The Kier molecular flexibility index (Phi) is 3.17. The van der Waals surface area contributed by atoms with Crippen molar-refractivity contribution >= 4 is 23.2 Å². The second-order valence-corrected chi connectivity index (χ2v) is 4.72.